The Labute approximate surface area is 288 Å². The molecule has 2 aromatic rings. The molecule has 0 aliphatic carbocycles. The largest absolute Gasteiger partial charge is 0.455 e. The molecule has 1 spiro atoms. The second kappa shape index (κ2) is 15.1. The number of hydrogen-bond donors (Lipinski definition) is 2. The minimum absolute atomic E-state index is 0.183. The number of aliphatic hydroxyl groups excluding tert-OH is 1. The molecule has 8 atom stereocenters. The molecule has 2 N–H and O–H groups in total. The number of hydrogen-bond acceptors (Lipinski definition) is 7. The number of allylic oxidation sites excluding steroid dienone is 1. The number of ether oxygens (including phenoxy) is 2. The second-order valence-electron chi connectivity index (χ2n) is 13.6. The van der Waals surface area contributed by atoms with Gasteiger partial charge in [0.15, 0.2) is 0 Å². The van der Waals surface area contributed by atoms with Gasteiger partial charge < -0.3 is 29.7 Å². The van der Waals surface area contributed by atoms with Gasteiger partial charge >= 0.3 is 5.97 Å². The first kappa shape index (κ1) is 34.6. The highest BCUT2D eigenvalue weighted by molar-refractivity contribution is 5.99. The number of fused-ring (bicyclic) bond motifs is 2. The summed E-state index contributed by atoms with van der Waals surface area (Å²) < 4.78 is 12.8. The average molecular weight is 670 g/mol. The molecule has 10 heteroatoms. The first-order valence-corrected chi connectivity index (χ1v) is 17.6. The fourth-order valence-corrected chi connectivity index (χ4v) is 7.95. The van der Waals surface area contributed by atoms with Crippen molar-refractivity contribution in [3.8, 4) is 0 Å². The number of carbonyl (C=O) groups is 4. The van der Waals surface area contributed by atoms with E-state index in [1.807, 2.05) is 72.8 Å². The lowest BCUT2D eigenvalue weighted by Crippen LogP contribution is -2.59. The zero-order valence-corrected chi connectivity index (χ0v) is 28.3. The first-order valence-electron chi connectivity index (χ1n) is 17.6. The van der Waals surface area contributed by atoms with Crippen molar-refractivity contribution in [1.29, 1.82) is 0 Å². The number of nitrogens with zero attached hydrogens (tertiary/aromatic N) is 2. The maximum Gasteiger partial charge on any atom is 0.313 e. The number of benzene rings is 2. The van der Waals surface area contributed by atoms with Crippen LogP contribution < -0.4 is 5.32 Å². The van der Waals surface area contributed by atoms with Gasteiger partial charge in [-0.05, 0) is 37.3 Å². The zero-order chi connectivity index (χ0) is 34.5. The Hall–Kier alpha value is -4.28. The number of unbranched alkanes of at least 4 members (excludes halogenated alkanes) is 2. The molecule has 3 amide bonds. The number of amides is 3. The van der Waals surface area contributed by atoms with Gasteiger partial charge in [-0.1, -0.05) is 105 Å². The van der Waals surface area contributed by atoms with E-state index < -0.39 is 59.6 Å². The summed E-state index contributed by atoms with van der Waals surface area (Å²) in [5.74, 6) is -3.57. The Balaban J connectivity index is 1.43. The van der Waals surface area contributed by atoms with Crippen LogP contribution in [0.2, 0.25) is 0 Å². The maximum absolute atomic E-state index is 14.9. The predicted molar refractivity (Wildman–Crippen MR) is 183 cm³/mol. The number of carbonyl (C=O) groups excluding carboxylic acids is 4. The molecule has 0 unspecified atom stereocenters. The summed E-state index contributed by atoms with van der Waals surface area (Å²) in [6.07, 6.45) is 9.43. The highest BCUT2D eigenvalue weighted by Gasteiger charge is 2.74. The second-order valence-corrected chi connectivity index (χ2v) is 13.6. The van der Waals surface area contributed by atoms with E-state index in [-0.39, 0.29) is 31.4 Å². The van der Waals surface area contributed by atoms with Crippen LogP contribution in [0.5, 0.6) is 0 Å². The molecular formula is C39H47N3O7. The van der Waals surface area contributed by atoms with Crippen molar-refractivity contribution in [1.82, 2.24) is 15.1 Å². The highest BCUT2D eigenvalue weighted by atomic mass is 16.6. The lowest BCUT2D eigenvalue weighted by atomic mass is 9.74. The predicted octanol–water partition coefficient (Wildman–Crippen LogP) is 3.90. The van der Waals surface area contributed by atoms with E-state index >= 15 is 0 Å². The number of likely N-dealkylation sites (tertiary alicyclic amines) is 1. The van der Waals surface area contributed by atoms with Crippen molar-refractivity contribution in [3.05, 3.63) is 96.1 Å². The number of aliphatic hydroxyl groups is 1. The normalized spacial score (nSPS) is 31.4. The van der Waals surface area contributed by atoms with Gasteiger partial charge in [0.25, 0.3) is 0 Å². The molecule has 260 valence electrons. The Morgan fingerprint density at radius 1 is 0.980 bits per heavy atom. The summed E-state index contributed by atoms with van der Waals surface area (Å²) in [6, 6.07) is 16.4. The molecule has 0 saturated carbocycles. The van der Waals surface area contributed by atoms with Gasteiger partial charge in [0, 0.05) is 19.5 Å². The minimum atomic E-state index is -1.41. The summed E-state index contributed by atoms with van der Waals surface area (Å²) in [5.41, 5.74) is 0.204. The van der Waals surface area contributed by atoms with Gasteiger partial charge in [0.2, 0.25) is 17.7 Å². The average Bonchev–Trinajstić information content (AvgIpc) is 3.76. The van der Waals surface area contributed by atoms with Gasteiger partial charge in [0.1, 0.15) is 23.7 Å². The summed E-state index contributed by atoms with van der Waals surface area (Å²) in [6.45, 7) is 4.27. The van der Waals surface area contributed by atoms with Crippen LogP contribution in [0.15, 0.2) is 85.0 Å². The Morgan fingerprint density at radius 2 is 1.71 bits per heavy atom. The van der Waals surface area contributed by atoms with Gasteiger partial charge in [-0.25, -0.2) is 0 Å². The Kier molecular flexibility index (Phi) is 10.6. The smallest absolute Gasteiger partial charge is 0.313 e. The molecule has 2 fully saturated rings. The molecule has 2 saturated heterocycles. The van der Waals surface area contributed by atoms with E-state index in [0.717, 1.165) is 24.8 Å². The Morgan fingerprint density at radius 3 is 2.43 bits per heavy atom. The molecule has 0 aromatic heterocycles. The van der Waals surface area contributed by atoms with Crippen LogP contribution in [0.3, 0.4) is 0 Å². The highest BCUT2D eigenvalue weighted by Crippen LogP contribution is 2.56. The van der Waals surface area contributed by atoms with Crippen LogP contribution in [0.1, 0.15) is 63.2 Å². The van der Waals surface area contributed by atoms with Gasteiger partial charge in [-0.2, -0.15) is 0 Å². The fraction of sp³-hybridized carbons (Fsp3) is 0.487. The van der Waals surface area contributed by atoms with Crippen LogP contribution in [-0.2, 0) is 35.1 Å². The third kappa shape index (κ3) is 6.81. The van der Waals surface area contributed by atoms with Crippen molar-refractivity contribution in [3.63, 3.8) is 0 Å². The standard InChI is InChI=1S/C39H47N3O7/c1-3-4-13-22-41-23-14-7-12-19-31(44)40-26(2)34(28-17-10-6-11-18-28)48-38(47)32-30-20-21-39(49-30)33(32)36(45)42(35(39)37(41)46)29(25-43)24-27-15-8-5-9-16-27/h5-11,14-18,20-21,26,29-30,32-35,43H,3-4,12-13,19,22-25H2,1-2H3,(H,40,44)/b14-7-/t26-,29+,30+,32-,33-,34+,35+,39-/m0/s1. The third-order valence-electron chi connectivity index (χ3n) is 10.3. The van der Waals surface area contributed by atoms with E-state index in [2.05, 4.69) is 12.2 Å². The summed E-state index contributed by atoms with van der Waals surface area (Å²) in [5, 5.41) is 13.8. The summed E-state index contributed by atoms with van der Waals surface area (Å²) >= 11 is 0. The van der Waals surface area contributed by atoms with Gasteiger partial charge in [-0.3, -0.25) is 19.2 Å². The molecule has 10 nitrogen and oxygen atoms in total. The number of cyclic esters (lactones) is 1. The number of nitrogens with one attached hydrogen (secondary N) is 1. The molecule has 6 rings (SSSR count). The topological polar surface area (TPSA) is 125 Å². The van der Waals surface area contributed by atoms with Gasteiger partial charge in [0.05, 0.1) is 30.7 Å². The first-order chi connectivity index (χ1) is 23.8. The molecule has 0 radical (unpaired) electrons. The monoisotopic (exact) mass is 669 g/mol. The minimum Gasteiger partial charge on any atom is -0.455 e. The van der Waals surface area contributed by atoms with E-state index in [1.165, 1.54) is 4.90 Å². The molecule has 2 aromatic carbocycles. The number of esters is 1. The molecule has 49 heavy (non-hydrogen) atoms. The van der Waals surface area contributed by atoms with Crippen LogP contribution >= 0.6 is 0 Å². The van der Waals surface area contributed by atoms with Crippen LogP contribution in [0.25, 0.3) is 0 Å². The summed E-state index contributed by atoms with van der Waals surface area (Å²) in [4.78, 5) is 60.2. The van der Waals surface area contributed by atoms with Crippen molar-refractivity contribution in [2.45, 2.75) is 88.3 Å². The van der Waals surface area contributed by atoms with E-state index in [4.69, 9.17) is 9.47 Å². The van der Waals surface area contributed by atoms with Crippen LogP contribution in [0, 0.1) is 11.8 Å². The van der Waals surface area contributed by atoms with Crippen molar-refractivity contribution in [2.24, 2.45) is 11.8 Å². The van der Waals surface area contributed by atoms with Crippen LogP contribution in [0.4, 0.5) is 0 Å². The zero-order valence-electron chi connectivity index (χ0n) is 28.3. The molecule has 4 aliphatic rings. The Bertz CT molecular complexity index is 1560. The van der Waals surface area contributed by atoms with Crippen molar-refractivity contribution < 1.29 is 33.8 Å². The molecular weight excluding hydrogens is 622 g/mol. The van der Waals surface area contributed by atoms with E-state index in [1.54, 1.807) is 24.0 Å². The molecule has 4 heterocycles. The lowest BCUT2D eigenvalue weighted by Gasteiger charge is -2.39. The van der Waals surface area contributed by atoms with Crippen LogP contribution in [-0.4, -0.2) is 88.1 Å². The van der Waals surface area contributed by atoms with E-state index in [9.17, 15) is 24.3 Å². The molecule has 4 aliphatic heterocycles. The maximum atomic E-state index is 14.9. The van der Waals surface area contributed by atoms with Crippen molar-refractivity contribution in [2.75, 3.05) is 19.7 Å². The molecule has 5 bridgehead atoms. The summed E-state index contributed by atoms with van der Waals surface area (Å²) in [7, 11) is 0. The van der Waals surface area contributed by atoms with Crippen molar-refractivity contribution >= 4 is 23.7 Å². The quantitative estimate of drug-likeness (QED) is 0.236. The van der Waals surface area contributed by atoms with E-state index in [0.29, 0.717) is 24.9 Å². The SMILES string of the molecule is CCCCCN1C/C=C\CCC(=O)N[C@@H](C)[C@H](c2ccccc2)OC(=O)[C@@H]2[C@H]3C(=O)N([C@@H](CO)Cc4ccccc4)[C@H](C1=O)[C@]31C=C[C@H]2O1. The number of rotatable bonds is 9. The third-order valence-corrected chi connectivity index (χ3v) is 10.3. The fourth-order valence-electron chi connectivity index (χ4n) is 7.95. The lowest BCUT2D eigenvalue weighted by molar-refractivity contribution is -0.162. The van der Waals surface area contributed by atoms with Gasteiger partial charge in [-0.15, -0.1) is 0 Å².